The Morgan fingerprint density at radius 2 is 2.35 bits per heavy atom. The van der Waals surface area contributed by atoms with Crippen LogP contribution < -0.4 is 10.9 Å². The number of rotatable bonds is 7. The van der Waals surface area contributed by atoms with Crippen LogP contribution in [0.4, 0.5) is 0 Å². The lowest BCUT2D eigenvalue weighted by Gasteiger charge is -2.18. The fourth-order valence-electron chi connectivity index (χ4n) is 2.92. The van der Waals surface area contributed by atoms with Crippen molar-refractivity contribution in [3.8, 4) is 0 Å². The number of nitrogens with one attached hydrogen (secondary N) is 1. The van der Waals surface area contributed by atoms with Crippen LogP contribution in [0.1, 0.15) is 19.8 Å². The molecule has 2 atom stereocenters. The van der Waals surface area contributed by atoms with E-state index in [9.17, 15) is 9.59 Å². The highest BCUT2D eigenvalue weighted by Crippen LogP contribution is 2.24. The highest BCUT2D eigenvalue weighted by Gasteiger charge is 2.22. The molecule has 2 aromatic rings. The molecule has 7 heteroatoms. The number of hydrogen-bond donors (Lipinski definition) is 1. The lowest BCUT2D eigenvalue weighted by Crippen LogP contribution is -2.33. The van der Waals surface area contributed by atoms with Gasteiger partial charge in [0.15, 0.2) is 5.16 Å². The summed E-state index contributed by atoms with van der Waals surface area (Å²) < 4.78 is 7.35. The molecule has 0 saturated carbocycles. The number of ether oxygens (including phenoxy) is 1. The minimum Gasteiger partial charge on any atom is -0.376 e. The Bertz CT molecular complexity index is 859. The van der Waals surface area contributed by atoms with Crippen molar-refractivity contribution in [2.45, 2.75) is 42.8 Å². The monoisotopic (exact) mass is 373 g/mol. The summed E-state index contributed by atoms with van der Waals surface area (Å²) in [6.45, 7) is 7.00. The van der Waals surface area contributed by atoms with E-state index < -0.39 is 0 Å². The van der Waals surface area contributed by atoms with E-state index in [1.54, 1.807) is 23.6 Å². The van der Waals surface area contributed by atoms with Gasteiger partial charge in [0.25, 0.3) is 5.56 Å². The van der Waals surface area contributed by atoms with Crippen molar-refractivity contribution in [1.82, 2.24) is 14.9 Å². The molecule has 1 saturated heterocycles. The Morgan fingerprint density at radius 1 is 1.54 bits per heavy atom. The van der Waals surface area contributed by atoms with Gasteiger partial charge in [0.1, 0.15) is 0 Å². The molecule has 1 fully saturated rings. The molecule has 138 valence electrons. The molecule has 1 aliphatic rings. The van der Waals surface area contributed by atoms with Gasteiger partial charge < -0.3 is 10.1 Å². The third-order valence-corrected chi connectivity index (χ3v) is 5.40. The Labute approximate surface area is 156 Å². The Balaban J connectivity index is 1.94. The molecule has 1 N–H and O–H groups in total. The zero-order valence-corrected chi connectivity index (χ0v) is 15.6. The predicted octanol–water partition coefficient (Wildman–Crippen LogP) is 2.36. The van der Waals surface area contributed by atoms with Crippen molar-refractivity contribution in [3.05, 3.63) is 47.3 Å². The Kier molecular flexibility index (Phi) is 6.11. The van der Waals surface area contributed by atoms with Crippen LogP contribution in [0.3, 0.4) is 0 Å². The fraction of sp³-hybridized carbons (Fsp3) is 0.421. The number of nitrogens with zero attached hydrogens (tertiary/aromatic N) is 2. The second kappa shape index (κ2) is 8.51. The summed E-state index contributed by atoms with van der Waals surface area (Å²) in [4.78, 5) is 29.8. The predicted molar refractivity (Wildman–Crippen MR) is 104 cm³/mol. The molecule has 3 rings (SSSR count). The first-order valence-electron chi connectivity index (χ1n) is 8.76. The molecule has 1 aromatic carbocycles. The zero-order chi connectivity index (χ0) is 18.5. The van der Waals surface area contributed by atoms with E-state index in [4.69, 9.17) is 4.74 Å². The fourth-order valence-corrected chi connectivity index (χ4v) is 3.86. The number of hydrogen-bond acceptors (Lipinski definition) is 5. The van der Waals surface area contributed by atoms with Gasteiger partial charge in [-0.15, -0.1) is 6.58 Å². The lowest BCUT2D eigenvalue weighted by molar-refractivity contribution is -0.120. The maximum absolute atomic E-state index is 13.0. The first-order chi connectivity index (χ1) is 12.6. The minimum absolute atomic E-state index is 0.0138. The van der Waals surface area contributed by atoms with Crippen molar-refractivity contribution >= 4 is 28.6 Å². The summed E-state index contributed by atoms with van der Waals surface area (Å²) in [5, 5.41) is 3.53. The summed E-state index contributed by atoms with van der Waals surface area (Å²) in [5.74, 6) is -0.110. The van der Waals surface area contributed by atoms with Crippen molar-refractivity contribution in [3.63, 3.8) is 0 Å². The second-order valence-electron chi connectivity index (χ2n) is 6.26. The highest BCUT2D eigenvalue weighted by molar-refractivity contribution is 8.00. The molecule has 26 heavy (non-hydrogen) atoms. The van der Waals surface area contributed by atoms with Gasteiger partial charge in [-0.05, 0) is 31.9 Å². The van der Waals surface area contributed by atoms with E-state index in [-0.39, 0.29) is 22.8 Å². The van der Waals surface area contributed by atoms with Gasteiger partial charge in [0.2, 0.25) is 5.91 Å². The number of thioether (sulfide) groups is 1. The minimum atomic E-state index is -0.376. The normalized spacial score (nSPS) is 18.0. The number of carbonyl (C=O) groups is 1. The molecule has 0 aliphatic carbocycles. The van der Waals surface area contributed by atoms with Gasteiger partial charge in [-0.2, -0.15) is 0 Å². The van der Waals surface area contributed by atoms with Crippen LogP contribution in [0.2, 0.25) is 0 Å². The third-order valence-electron chi connectivity index (χ3n) is 4.31. The molecule has 2 heterocycles. The summed E-state index contributed by atoms with van der Waals surface area (Å²) in [6.07, 6.45) is 3.58. The topological polar surface area (TPSA) is 73.2 Å². The van der Waals surface area contributed by atoms with E-state index in [1.165, 1.54) is 11.8 Å². The van der Waals surface area contributed by atoms with Gasteiger partial charge in [-0.3, -0.25) is 14.2 Å². The van der Waals surface area contributed by atoms with Crippen LogP contribution in [0.25, 0.3) is 10.9 Å². The number of aromatic nitrogens is 2. The van der Waals surface area contributed by atoms with Crippen LogP contribution in [-0.2, 0) is 16.1 Å². The summed E-state index contributed by atoms with van der Waals surface area (Å²) in [5.41, 5.74) is 0.551. The smallest absolute Gasteiger partial charge is 0.262 e. The number of carbonyl (C=O) groups excluding carboxylic acids is 1. The zero-order valence-electron chi connectivity index (χ0n) is 14.8. The summed E-state index contributed by atoms with van der Waals surface area (Å²) in [7, 11) is 0. The molecule has 0 spiro atoms. The lowest BCUT2D eigenvalue weighted by atomic mass is 10.2. The van der Waals surface area contributed by atoms with Crippen LogP contribution >= 0.6 is 11.8 Å². The standard InChI is InChI=1S/C19H23N3O3S/c1-3-10-20-17(23)13(2)26-19-21-16-9-5-4-8-15(16)18(24)22(19)12-14-7-6-11-25-14/h3-5,8-9,13-14H,1,6-7,10-12H2,2H3,(H,20,23)/t13-,14+/m1/s1. The molecule has 1 aliphatic heterocycles. The molecule has 0 unspecified atom stereocenters. The van der Waals surface area contributed by atoms with Gasteiger partial charge in [-0.25, -0.2) is 4.98 Å². The average Bonchev–Trinajstić information content (AvgIpc) is 3.16. The van der Waals surface area contributed by atoms with Crippen molar-refractivity contribution in [2.75, 3.05) is 13.2 Å². The Hall–Kier alpha value is -2.12. The van der Waals surface area contributed by atoms with Gasteiger partial charge >= 0.3 is 0 Å². The van der Waals surface area contributed by atoms with E-state index in [0.717, 1.165) is 19.4 Å². The van der Waals surface area contributed by atoms with Gasteiger partial charge in [0.05, 0.1) is 28.8 Å². The maximum Gasteiger partial charge on any atom is 0.262 e. The van der Waals surface area contributed by atoms with Crippen molar-refractivity contribution in [2.24, 2.45) is 0 Å². The summed E-state index contributed by atoms with van der Waals surface area (Å²) in [6, 6.07) is 7.29. The molecule has 6 nitrogen and oxygen atoms in total. The highest BCUT2D eigenvalue weighted by atomic mass is 32.2. The van der Waals surface area contributed by atoms with E-state index in [1.807, 2.05) is 18.2 Å². The SMILES string of the molecule is C=CCNC(=O)[C@@H](C)Sc1nc2ccccc2c(=O)n1C[C@@H]1CCCO1. The van der Waals surface area contributed by atoms with E-state index in [0.29, 0.717) is 29.1 Å². The van der Waals surface area contributed by atoms with Crippen LogP contribution in [-0.4, -0.2) is 40.0 Å². The van der Waals surface area contributed by atoms with Crippen LogP contribution in [0, 0.1) is 0 Å². The number of benzene rings is 1. The maximum atomic E-state index is 13.0. The van der Waals surface area contributed by atoms with Crippen molar-refractivity contribution < 1.29 is 9.53 Å². The average molecular weight is 373 g/mol. The molecule has 0 bridgehead atoms. The van der Waals surface area contributed by atoms with Crippen molar-refractivity contribution in [1.29, 1.82) is 0 Å². The number of para-hydroxylation sites is 1. The van der Waals surface area contributed by atoms with Crippen LogP contribution in [0.15, 0.2) is 46.9 Å². The Morgan fingerprint density at radius 3 is 3.08 bits per heavy atom. The first-order valence-corrected chi connectivity index (χ1v) is 9.64. The molecule has 0 radical (unpaired) electrons. The largest absolute Gasteiger partial charge is 0.376 e. The number of amides is 1. The third kappa shape index (κ3) is 4.16. The van der Waals surface area contributed by atoms with Crippen LogP contribution in [0.5, 0.6) is 0 Å². The molecular weight excluding hydrogens is 350 g/mol. The van der Waals surface area contributed by atoms with E-state index >= 15 is 0 Å². The van der Waals surface area contributed by atoms with Gasteiger partial charge in [-0.1, -0.05) is 30.0 Å². The molecule has 1 amide bonds. The van der Waals surface area contributed by atoms with Gasteiger partial charge in [0, 0.05) is 13.2 Å². The molecular formula is C19H23N3O3S. The van der Waals surface area contributed by atoms with E-state index in [2.05, 4.69) is 16.9 Å². The quantitative estimate of drug-likeness (QED) is 0.458. The second-order valence-corrected chi connectivity index (χ2v) is 7.56. The first kappa shape index (κ1) is 18.7. The number of fused-ring (bicyclic) bond motifs is 1. The summed E-state index contributed by atoms with van der Waals surface area (Å²) >= 11 is 1.29. The molecule has 1 aromatic heterocycles.